The minimum absolute atomic E-state index is 0.00440. The number of carboxylic acid groups (broad SMARTS) is 1. The molecule has 0 radical (unpaired) electrons. The molecule has 3 unspecified atom stereocenters. The van der Waals surface area contributed by atoms with Gasteiger partial charge in [-0.1, -0.05) is 13.8 Å². The van der Waals surface area contributed by atoms with Crippen LogP contribution in [0.15, 0.2) is 0 Å². The van der Waals surface area contributed by atoms with Gasteiger partial charge in [0.05, 0.1) is 11.8 Å². The van der Waals surface area contributed by atoms with Crippen LogP contribution in [0, 0.1) is 17.8 Å². The number of amides is 1. The third kappa shape index (κ3) is 4.38. The smallest absolute Gasteiger partial charge is 0.406 e. The zero-order valence-corrected chi connectivity index (χ0v) is 11.6. The van der Waals surface area contributed by atoms with Crippen molar-refractivity contribution in [3.8, 4) is 0 Å². The van der Waals surface area contributed by atoms with Crippen LogP contribution < -0.4 is 0 Å². The Hall–Kier alpha value is -1.27. The number of carbonyl (C=O) groups is 2. The highest BCUT2D eigenvalue weighted by Gasteiger charge is 2.44. The molecule has 0 aliphatic heterocycles. The molecule has 116 valence electrons. The summed E-state index contributed by atoms with van der Waals surface area (Å²) in [5, 5.41) is 9.10. The van der Waals surface area contributed by atoms with E-state index in [9.17, 15) is 22.8 Å². The van der Waals surface area contributed by atoms with E-state index in [0.717, 1.165) is 4.90 Å². The van der Waals surface area contributed by atoms with E-state index in [0.29, 0.717) is 19.3 Å². The normalized spacial score (nSPS) is 26.6. The molecule has 1 fully saturated rings. The standard InChI is InChI=1S/C13H20F3NO3/c1-3-4-17(7-13(14,15)16)11(18)9-5-8(2)6-10(9)12(19)20/h8-10H,3-7H2,1-2H3,(H,19,20). The maximum Gasteiger partial charge on any atom is 0.406 e. The fourth-order valence-electron chi connectivity index (χ4n) is 2.83. The SMILES string of the molecule is CCCN(CC(F)(F)F)C(=O)C1CC(C)CC1C(=O)O. The van der Waals surface area contributed by atoms with Gasteiger partial charge >= 0.3 is 12.1 Å². The van der Waals surface area contributed by atoms with Gasteiger partial charge in [-0.05, 0) is 25.2 Å². The van der Waals surface area contributed by atoms with Gasteiger partial charge in [0.15, 0.2) is 0 Å². The van der Waals surface area contributed by atoms with E-state index in [1.807, 2.05) is 6.92 Å². The molecule has 20 heavy (non-hydrogen) atoms. The number of nitrogens with zero attached hydrogens (tertiary/aromatic N) is 1. The van der Waals surface area contributed by atoms with Crippen molar-refractivity contribution in [1.82, 2.24) is 4.90 Å². The lowest BCUT2D eigenvalue weighted by molar-refractivity contribution is -0.166. The van der Waals surface area contributed by atoms with Gasteiger partial charge < -0.3 is 10.0 Å². The molecule has 0 aromatic carbocycles. The fourth-order valence-corrected chi connectivity index (χ4v) is 2.83. The van der Waals surface area contributed by atoms with Gasteiger partial charge in [-0.2, -0.15) is 13.2 Å². The highest BCUT2D eigenvalue weighted by Crippen LogP contribution is 2.38. The average Bonchev–Trinajstić information content (AvgIpc) is 2.68. The van der Waals surface area contributed by atoms with Crippen LogP contribution in [-0.2, 0) is 9.59 Å². The first-order valence-corrected chi connectivity index (χ1v) is 6.74. The van der Waals surface area contributed by atoms with Crippen LogP contribution in [0.2, 0.25) is 0 Å². The molecule has 1 N–H and O–H groups in total. The minimum Gasteiger partial charge on any atom is -0.481 e. The molecule has 0 aromatic rings. The van der Waals surface area contributed by atoms with Gasteiger partial charge in [0.1, 0.15) is 6.54 Å². The van der Waals surface area contributed by atoms with E-state index in [4.69, 9.17) is 5.11 Å². The first-order chi connectivity index (χ1) is 9.15. The summed E-state index contributed by atoms with van der Waals surface area (Å²) in [6.45, 7) is 2.19. The summed E-state index contributed by atoms with van der Waals surface area (Å²) < 4.78 is 37.5. The summed E-state index contributed by atoms with van der Waals surface area (Å²) >= 11 is 0. The number of carbonyl (C=O) groups excluding carboxylic acids is 1. The summed E-state index contributed by atoms with van der Waals surface area (Å²) in [7, 11) is 0. The Labute approximate surface area is 115 Å². The molecule has 1 amide bonds. The van der Waals surface area contributed by atoms with Crippen molar-refractivity contribution in [3.63, 3.8) is 0 Å². The largest absolute Gasteiger partial charge is 0.481 e. The molecule has 0 aromatic heterocycles. The molecular formula is C13H20F3NO3. The predicted molar refractivity (Wildman–Crippen MR) is 65.9 cm³/mol. The van der Waals surface area contributed by atoms with Gasteiger partial charge in [-0.15, -0.1) is 0 Å². The molecular weight excluding hydrogens is 275 g/mol. The van der Waals surface area contributed by atoms with Crippen LogP contribution in [0.25, 0.3) is 0 Å². The van der Waals surface area contributed by atoms with Crippen molar-refractivity contribution >= 4 is 11.9 Å². The summed E-state index contributed by atoms with van der Waals surface area (Å²) in [5.74, 6) is -3.45. The first-order valence-electron chi connectivity index (χ1n) is 6.74. The van der Waals surface area contributed by atoms with Gasteiger partial charge in [-0.3, -0.25) is 9.59 Å². The van der Waals surface area contributed by atoms with E-state index in [2.05, 4.69) is 0 Å². The lowest BCUT2D eigenvalue weighted by Crippen LogP contribution is -2.44. The fraction of sp³-hybridized carbons (Fsp3) is 0.846. The van der Waals surface area contributed by atoms with Crippen molar-refractivity contribution < 1.29 is 27.9 Å². The van der Waals surface area contributed by atoms with Crippen LogP contribution in [0.1, 0.15) is 33.1 Å². The molecule has 1 rings (SSSR count). The van der Waals surface area contributed by atoms with Gasteiger partial charge in [-0.25, -0.2) is 0 Å². The van der Waals surface area contributed by atoms with Gasteiger partial charge in [0.25, 0.3) is 0 Å². The molecule has 0 bridgehead atoms. The van der Waals surface area contributed by atoms with Crippen LogP contribution in [0.3, 0.4) is 0 Å². The number of halogens is 3. The van der Waals surface area contributed by atoms with Gasteiger partial charge in [0.2, 0.25) is 5.91 Å². The van der Waals surface area contributed by atoms with Crippen molar-refractivity contribution in [3.05, 3.63) is 0 Å². The van der Waals surface area contributed by atoms with Crippen LogP contribution in [0.4, 0.5) is 13.2 Å². The first kappa shape index (κ1) is 16.8. The van der Waals surface area contributed by atoms with E-state index in [1.54, 1.807) is 6.92 Å². The number of hydrogen-bond acceptors (Lipinski definition) is 2. The number of carboxylic acids is 1. The molecule has 1 saturated carbocycles. The molecule has 4 nitrogen and oxygen atoms in total. The molecule has 1 aliphatic rings. The number of hydrogen-bond donors (Lipinski definition) is 1. The third-order valence-corrected chi connectivity index (χ3v) is 3.61. The third-order valence-electron chi connectivity index (χ3n) is 3.61. The van der Waals surface area contributed by atoms with E-state index in [1.165, 1.54) is 0 Å². The lowest BCUT2D eigenvalue weighted by Gasteiger charge is -2.27. The van der Waals surface area contributed by atoms with E-state index >= 15 is 0 Å². The van der Waals surface area contributed by atoms with Crippen LogP contribution in [-0.4, -0.2) is 41.1 Å². The van der Waals surface area contributed by atoms with Crippen molar-refractivity contribution in [2.75, 3.05) is 13.1 Å². The molecule has 3 atom stereocenters. The Balaban J connectivity index is 2.85. The Morgan fingerprint density at radius 2 is 1.80 bits per heavy atom. The molecule has 0 saturated heterocycles. The second-order valence-electron chi connectivity index (χ2n) is 5.50. The highest BCUT2D eigenvalue weighted by atomic mass is 19.4. The number of aliphatic carboxylic acids is 1. The molecule has 0 heterocycles. The van der Waals surface area contributed by atoms with Crippen molar-refractivity contribution in [1.29, 1.82) is 0 Å². The maximum atomic E-state index is 12.5. The lowest BCUT2D eigenvalue weighted by atomic mass is 9.94. The summed E-state index contributed by atoms with van der Waals surface area (Å²) in [6.07, 6.45) is -3.37. The maximum absolute atomic E-state index is 12.5. The van der Waals surface area contributed by atoms with Crippen LogP contribution >= 0.6 is 0 Å². The van der Waals surface area contributed by atoms with Crippen molar-refractivity contribution in [2.24, 2.45) is 17.8 Å². The zero-order valence-electron chi connectivity index (χ0n) is 11.6. The second-order valence-corrected chi connectivity index (χ2v) is 5.50. The Morgan fingerprint density at radius 1 is 1.25 bits per heavy atom. The Morgan fingerprint density at radius 3 is 2.25 bits per heavy atom. The van der Waals surface area contributed by atoms with Gasteiger partial charge in [0, 0.05) is 6.54 Å². The molecule has 1 aliphatic carbocycles. The van der Waals surface area contributed by atoms with Crippen LogP contribution in [0.5, 0.6) is 0 Å². The molecule has 7 heteroatoms. The summed E-state index contributed by atoms with van der Waals surface area (Å²) in [5.41, 5.74) is 0. The Kier molecular flexibility index (Phi) is 5.42. The quantitative estimate of drug-likeness (QED) is 0.848. The highest BCUT2D eigenvalue weighted by molar-refractivity contribution is 5.85. The summed E-state index contributed by atoms with van der Waals surface area (Å²) in [4.78, 5) is 24.1. The molecule has 0 spiro atoms. The predicted octanol–water partition coefficient (Wildman–Crippen LogP) is 2.53. The second kappa shape index (κ2) is 6.45. The summed E-state index contributed by atoms with van der Waals surface area (Å²) in [6, 6.07) is 0. The van der Waals surface area contributed by atoms with Crippen molar-refractivity contribution in [2.45, 2.75) is 39.3 Å². The minimum atomic E-state index is -4.46. The number of alkyl halides is 3. The van der Waals surface area contributed by atoms with E-state index < -0.39 is 36.4 Å². The van der Waals surface area contributed by atoms with E-state index in [-0.39, 0.29) is 12.5 Å². The monoisotopic (exact) mass is 295 g/mol. The average molecular weight is 295 g/mol. The zero-order chi connectivity index (χ0) is 15.5. The topological polar surface area (TPSA) is 57.6 Å². The number of rotatable bonds is 5. The Bertz CT molecular complexity index is 370.